The van der Waals surface area contributed by atoms with Gasteiger partial charge < -0.3 is 5.32 Å². The van der Waals surface area contributed by atoms with Gasteiger partial charge in [-0.25, -0.2) is 0 Å². The molecular weight excluding hydrogens is 234 g/mol. The van der Waals surface area contributed by atoms with Crippen molar-refractivity contribution in [2.75, 3.05) is 5.32 Å². The lowest BCUT2D eigenvalue weighted by atomic mass is 10.2. The van der Waals surface area contributed by atoms with Crippen LogP contribution in [0.15, 0.2) is 35.5 Å². The predicted molar refractivity (Wildman–Crippen MR) is 60.6 cm³/mol. The summed E-state index contributed by atoms with van der Waals surface area (Å²) in [4.78, 5) is 9.96. The van der Waals surface area contributed by atoms with E-state index in [0.717, 1.165) is 0 Å². The number of rotatable bonds is 3. The van der Waals surface area contributed by atoms with Crippen molar-refractivity contribution in [3.05, 3.63) is 45.6 Å². The number of hydrogen-bond acceptors (Lipinski definition) is 6. The summed E-state index contributed by atoms with van der Waals surface area (Å²) < 4.78 is 0. The smallest absolute Gasteiger partial charge is 0.271 e. The van der Waals surface area contributed by atoms with E-state index in [-0.39, 0.29) is 22.6 Å². The third kappa shape index (κ3) is 2.82. The van der Waals surface area contributed by atoms with E-state index in [1.807, 2.05) is 0 Å². The van der Waals surface area contributed by atoms with Gasteiger partial charge in [0.15, 0.2) is 5.57 Å². The second-order valence-electron chi connectivity index (χ2n) is 3.02. The Morgan fingerprint density at radius 2 is 1.89 bits per heavy atom. The number of nitro groups is 1. The molecule has 0 unspecified atom stereocenters. The van der Waals surface area contributed by atoms with Crippen LogP contribution < -0.4 is 5.32 Å². The first-order chi connectivity index (χ1) is 8.62. The van der Waals surface area contributed by atoms with Crippen molar-refractivity contribution in [3.8, 4) is 18.2 Å². The molecule has 7 heteroatoms. The summed E-state index contributed by atoms with van der Waals surface area (Å²) in [5.74, 6) is 0. The Balaban J connectivity index is 3.13. The molecule has 0 aliphatic heterocycles. The SMILES string of the molecule is N#CC(C#N)=C(C#N)Nc1cccc([N+](=O)[O-])c1. The van der Waals surface area contributed by atoms with Crippen molar-refractivity contribution in [2.45, 2.75) is 0 Å². The van der Waals surface area contributed by atoms with E-state index < -0.39 is 4.92 Å². The molecule has 0 aromatic heterocycles. The standard InChI is InChI=1S/C11H5N5O2/c12-5-8(6-13)11(7-14)15-9-2-1-3-10(4-9)16(17)18/h1-4,15H. The molecular formula is C11H5N5O2. The van der Waals surface area contributed by atoms with Gasteiger partial charge in [0.05, 0.1) is 4.92 Å². The molecule has 86 valence electrons. The molecule has 1 aromatic carbocycles. The van der Waals surface area contributed by atoms with Crippen LogP contribution in [0.1, 0.15) is 0 Å². The van der Waals surface area contributed by atoms with Crippen molar-refractivity contribution in [1.82, 2.24) is 0 Å². The molecule has 0 saturated heterocycles. The fourth-order valence-corrected chi connectivity index (χ4v) is 1.12. The van der Waals surface area contributed by atoms with Gasteiger partial charge in [0.2, 0.25) is 0 Å². The lowest BCUT2D eigenvalue weighted by Crippen LogP contribution is -2.01. The number of allylic oxidation sites excluding steroid dienone is 2. The largest absolute Gasteiger partial charge is 0.345 e. The molecule has 0 atom stereocenters. The molecule has 0 saturated carbocycles. The first-order valence-electron chi connectivity index (χ1n) is 4.58. The quantitative estimate of drug-likeness (QED) is 0.487. The highest BCUT2D eigenvalue weighted by molar-refractivity contribution is 5.60. The highest BCUT2D eigenvalue weighted by atomic mass is 16.6. The molecule has 1 aromatic rings. The van der Waals surface area contributed by atoms with E-state index in [9.17, 15) is 10.1 Å². The molecule has 0 radical (unpaired) electrons. The molecule has 0 aliphatic carbocycles. The fraction of sp³-hybridized carbons (Fsp3) is 0. The monoisotopic (exact) mass is 239 g/mol. The Bertz CT molecular complexity index is 627. The number of nitrogens with one attached hydrogen (secondary N) is 1. The number of nitriles is 3. The first kappa shape index (κ1) is 12.7. The Morgan fingerprint density at radius 1 is 1.22 bits per heavy atom. The van der Waals surface area contributed by atoms with Crippen molar-refractivity contribution < 1.29 is 4.92 Å². The maximum absolute atomic E-state index is 10.6. The third-order valence-corrected chi connectivity index (χ3v) is 1.91. The van der Waals surface area contributed by atoms with Crippen LogP contribution >= 0.6 is 0 Å². The molecule has 0 amide bonds. The van der Waals surface area contributed by atoms with E-state index in [4.69, 9.17) is 15.8 Å². The van der Waals surface area contributed by atoms with Crippen molar-refractivity contribution in [1.29, 1.82) is 15.8 Å². The van der Waals surface area contributed by atoms with Crippen LogP contribution in [-0.2, 0) is 0 Å². The summed E-state index contributed by atoms with van der Waals surface area (Å²) in [5, 5.41) is 39.1. The zero-order chi connectivity index (χ0) is 13.5. The summed E-state index contributed by atoms with van der Waals surface area (Å²) in [6, 6.07) is 10.2. The normalized spacial score (nSPS) is 8.28. The van der Waals surface area contributed by atoms with E-state index in [1.54, 1.807) is 18.2 Å². The van der Waals surface area contributed by atoms with Crippen LogP contribution in [0.2, 0.25) is 0 Å². The number of nitro benzene ring substituents is 1. The number of anilines is 1. The molecule has 0 heterocycles. The van der Waals surface area contributed by atoms with Gasteiger partial charge in [-0.05, 0) is 6.07 Å². The Hall–Kier alpha value is -3.37. The maximum atomic E-state index is 10.6. The number of nitrogens with zero attached hydrogens (tertiary/aromatic N) is 4. The molecule has 0 bridgehead atoms. The van der Waals surface area contributed by atoms with Crippen LogP contribution in [0.4, 0.5) is 11.4 Å². The van der Waals surface area contributed by atoms with Gasteiger partial charge in [-0.15, -0.1) is 0 Å². The first-order valence-corrected chi connectivity index (χ1v) is 4.58. The summed E-state index contributed by atoms with van der Waals surface area (Å²) in [6.07, 6.45) is 0. The number of non-ortho nitro benzene ring substituents is 1. The average Bonchev–Trinajstić information content (AvgIpc) is 2.39. The molecule has 0 spiro atoms. The molecule has 18 heavy (non-hydrogen) atoms. The van der Waals surface area contributed by atoms with Crippen molar-refractivity contribution in [2.24, 2.45) is 0 Å². The zero-order valence-corrected chi connectivity index (χ0v) is 8.91. The highest BCUT2D eigenvalue weighted by Crippen LogP contribution is 2.19. The maximum Gasteiger partial charge on any atom is 0.271 e. The van der Waals surface area contributed by atoms with Gasteiger partial charge in [-0.1, -0.05) is 6.07 Å². The number of benzene rings is 1. The average molecular weight is 239 g/mol. The summed E-state index contributed by atoms with van der Waals surface area (Å²) >= 11 is 0. The van der Waals surface area contributed by atoms with Gasteiger partial charge >= 0.3 is 0 Å². The van der Waals surface area contributed by atoms with Gasteiger partial charge in [-0.2, -0.15) is 15.8 Å². The zero-order valence-electron chi connectivity index (χ0n) is 8.91. The Labute approximate surface area is 102 Å². The van der Waals surface area contributed by atoms with Crippen molar-refractivity contribution >= 4 is 11.4 Å². The molecule has 0 fully saturated rings. The van der Waals surface area contributed by atoms with Crippen LogP contribution in [0, 0.1) is 44.1 Å². The lowest BCUT2D eigenvalue weighted by Gasteiger charge is -2.03. The second kappa shape index (κ2) is 5.64. The lowest BCUT2D eigenvalue weighted by molar-refractivity contribution is -0.384. The second-order valence-corrected chi connectivity index (χ2v) is 3.02. The summed E-state index contributed by atoms with van der Waals surface area (Å²) in [5.41, 5.74) is -0.541. The summed E-state index contributed by atoms with van der Waals surface area (Å²) in [7, 11) is 0. The molecule has 7 nitrogen and oxygen atoms in total. The minimum absolute atomic E-state index is 0.159. The van der Waals surface area contributed by atoms with E-state index >= 15 is 0 Å². The van der Waals surface area contributed by atoms with Gasteiger partial charge in [0.1, 0.15) is 23.9 Å². The van der Waals surface area contributed by atoms with Crippen LogP contribution in [0.5, 0.6) is 0 Å². The number of hydrogen-bond donors (Lipinski definition) is 1. The predicted octanol–water partition coefficient (Wildman–Crippen LogP) is 1.83. The third-order valence-electron chi connectivity index (χ3n) is 1.91. The van der Waals surface area contributed by atoms with E-state index in [2.05, 4.69) is 5.32 Å². The fourth-order valence-electron chi connectivity index (χ4n) is 1.12. The van der Waals surface area contributed by atoms with Gasteiger partial charge in [0.25, 0.3) is 5.69 Å². The van der Waals surface area contributed by atoms with E-state index in [1.165, 1.54) is 24.3 Å². The van der Waals surface area contributed by atoms with Crippen molar-refractivity contribution in [3.63, 3.8) is 0 Å². The molecule has 1 rings (SSSR count). The van der Waals surface area contributed by atoms with Crippen LogP contribution in [-0.4, -0.2) is 4.92 Å². The minimum Gasteiger partial charge on any atom is -0.345 e. The Morgan fingerprint density at radius 3 is 2.39 bits per heavy atom. The van der Waals surface area contributed by atoms with Crippen LogP contribution in [0.3, 0.4) is 0 Å². The van der Waals surface area contributed by atoms with Gasteiger partial charge in [0, 0.05) is 17.8 Å². The molecule has 1 N–H and O–H groups in total. The Kier molecular flexibility index (Phi) is 3.98. The molecule has 0 aliphatic rings. The van der Waals surface area contributed by atoms with Gasteiger partial charge in [-0.3, -0.25) is 10.1 Å². The summed E-state index contributed by atoms with van der Waals surface area (Å²) in [6.45, 7) is 0. The van der Waals surface area contributed by atoms with Crippen LogP contribution in [0.25, 0.3) is 0 Å². The van der Waals surface area contributed by atoms with E-state index in [0.29, 0.717) is 0 Å². The topological polar surface area (TPSA) is 127 Å². The minimum atomic E-state index is -0.587. The highest BCUT2D eigenvalue weighted by Gasteiger charge is 2.09.